The van der Waals surface area contributed by atoms with Crippen molar-refractivity contribution in [2.75, 3.05) is 0 Å². The molecule has 0 aromatic heterocycles. The summed E-state index contributed by atoms with van der Waals surface area (Å²) in [7, 11) is 0. The fourth-order valence-corrected chi connectivity index (χ4v) is 2.93. The van der Waals surface area contributed by atoms with Crippen molar-refractivity contribution in [1.29, 1.82) is 0 Å². The Morgan fingerprint density at radius 1 is 0.905 bits per heavy atom. The van der Waals surface area contributed by atoms with Crippen LogP contribution >= 0.6 is 15.9 Å². The minimum atomic E-state index is -0.0690. The molecule has 0 bridgehead atoms. The molecular weight excluding hydrogens is 326 g/mol. The molecule has 0 aliphatic carbocycles. The molecule has 0 radical (unpaired) electrons. The Balaban J connectivity index is 2.05. The maximum atomic E-state index is 6.08. The second-order valence-electron chi connectivity index (χ2n) is 5.03. The Bertz CT molecular complexity index is 783. The molecule has 0 aliphatic rings. The van der Waals surface area contributed by atoms with Gasteiger partial charge in [-0.2, -0.15) is 0 Å². The fraction of sp³-hybridized carbons (Fsp3) is 0.111. The first-order valence-electron chi connectivity index (χ1n) is 6.86. The van der Waals surface area contributed by atoms with Gasteiger partial charge < -0.3 is 10.5 Å². The smallest absolute Gasteiger partial charge is 0.142 e. The highest BCUT2D eigenvalue weighted by molar-refractivity contribution is 9.10. The van der Waals surface area contributed by atoms with Gasteiger partial charge in [0.15, 0.2) is 0 Å². The fourth-order valence-electron chi connectivity index (χ4n) is 2.36. The van der Waals surface area contributed by atoms with Crippen molar-refractivity contribution in [3.63, 3.8) is 0 Å². The van der Waals surface area contributed by atoms with E-state index in [-0.39, 0.29) is 6.04 Å². The molecule has 3 aromatic carbocycles. The van der Waals surface area contributed by atoms with E-state index in [9.17, 15) is 0 Å². The van der Waals surface area contributed by atoms with Crippen LogP contribution in [0, 0.1) is 0 Å². The zero-order chi connectivity index (χ0) is 14.8. The minimum absolute atomic E-state index is 0.0690. The number of para-hydroxylation sites is 1. The molecule has 3 rings (SSSR count). The van der Waals surface area contributed by atoms with Gasteiger partial charge in [-0.05, 0) is 45.8 Å². The van der Waals surface area contributed by atoms with Crippen molar-refractivity contribution in [1.82, 2.24) is 0 Å². The Labute approximate surface area is 132 Å². The van der Waals surface area contributed by atoms with Crippen LogP contribution in [0.4, 0.5) is 0 Å². The summed E-state index contributed by atoms with van der Waals surface area (Å²) in [5.74, 6) is 1.59. The van der Waals surface area contributed by atoms with E-state index in [1.165, 1.54) is 5.39 Å². The van der Waals surface area contributed by atoms with Crippen LogP contribution < -0.4 is 10.5 Å². The van der Waals surface area contributed by atoms with Gasteiger partial charge in [0.25, 0.3) is 0 Å². The van der Waals surface area contributed by atoms with E-state index in [1.54, 1.807) is 0 Å². The van der Waals surface area contributed by atoms with E-state index in [0.29, 0.717) is 0 Å². The highest BCUT2D eigenvalue weighted by Gasteiger charge is 2.11. The van der Waals surface area contributed by atoms with Gasteiger partial charge in [-0.25, -0.2) is 0 Å². The second kappa shape index (κ2) is 5.88. The molecule has 0 amide bonds. The summed E-state index contributed by atoms with van der Waals surface area (Å²) >= 11 is 3.64. The maximum Gasteiger partial charge on any atom is 0.142 e. The SMILES string of the molecule is CC(N)c1ccccc1Oc1ccc2ccccc2c1Br. The molecule has 1 unspecified atom stereocenters. The van der Waals surface area contributed by atoms with Gasteiger partial charge in [0.05, 0.1) is 4.47 Å². The summed E-state index contributed by atoms with van der Waals surface area (Å²) in [4.78, 5) is 0. The van der Waals surface area contributed by atoms with Crippen molar-refractivity contribution >= 4 is 26.7 Å². The molecular formula is C18H16BrNO. The summed E-state index contributed by atoms with van der Waals surface area (Å²) < 4.78 is 7.04. The van der Waals surface area contributed by atoms with Gasteiger partial charge in [-0.1, -0.05) is 48.5 Å². The first-order valence-corrected chi connectivity index (χ1v) is 7.65. The highest BCUT2D eigenvalue weighted by atomic mass is 79.9. The molecule has 21 heavy (non-hydrogen) atoms. The highest BCUT2D eigenvalue weighted by Crippen LogP contribution is 2.37. The van der Waals surface area contributed by atoms with Gasteiger partial charge in [-0.3, -0.25) is 0 Å². The molecule has 3 heteroatoms. The van der Waals surface area contributed by atoms with Crippen LogP contribution in [0.15, 0.2) is 65.1 Å². The molecule has 0 aliphatic heterocycles. The van der Waals surface area contributed by atoms with Gasteiger partial charge in [0.1, 0.15) is 11.5 Å². The number of benzene rings is 3. The van der Waals surface area contributed by atoms with Crippen molar-refractivity contribution in [2.45, 2.75) is 13.0 Å². The number of nitrogens with two attached hydrogens (primary N) is 1. The lowest BCUT2D eigenvalue weighted by molar-refractivity contribution is 0.470. The maximum absolute atomic E-state index is 6.08. The zero-order valence-corrected chi connectivity index (χ0v) is 13.3. The van der Waals surface area contributed by atoms with Crippen LogP contribution in [0.3, 0.4) is 0 Å². The second-order valence-corrected chi connectivity index (χ2v) is 5.82. The first kappa shape index (κ1) is 14.1. The Morgan fingerprint density at radius 3 is 2.43 bits per heavy atom. The molecule has 0 heterocycles. The normalized spacial score (nSPS) is 12.3. The van der Waals surface area contributed by atoms with Gasteiger partial charge in [0, 0.05) is 11.6 Å². The molecule has 0 saturated heterocycles. The number of halogens is 1. The summed E-state index contributed by atoms with van der Waals surface area (Å²) in [6.07, 6.45) is 0. The van der Waals surface area contributed by atoms with Gasteiger partial charge >= 0.3 is 0 Å². The summed E-state index contributed by atoms with van der Waals surface area (Å²) in [5.41, 5.74) is 7.00. The molecule has 106 valence electrons. The standard InChI is InChI=1S/C18H16BrNO/c1-12(20)14-7-4-5-9-16(14)21-17-11-10-13-6-2-3-8-15(13)18(17)19/h2-12H,20H2,1H3. The molecule has 0 fully saturated rings. The van der Waals surface area contributed by atoms with Gasteiger partial charge in [0.2, 0.25) is 0 Å². The third-order valence-corrected chi connectivity index (χ3v) is 4.28. The molecule has 2 N–H and O–H groups in total. The summed E-state index contributed by atoms with van der Waals surface area (Å²) in [5, 5.41) is 2.31. The minimum Gasteiger partial charge on any atom is -0.456 e. The lowest BCUT2D eigenvalue weighted by atomic mass is 10.1. The quantitative estimate of drug-likeness (QED) is 0.690. The average molecular weight is 342 g/mol. The largest absolute Gasteiger partial charge is 0.456 e. The van der Waals surface area contributed by atoms with Crippen molar-refractivity contribution in [3.05, 3.63) is 70.7 Å². The summed E-state index contributed by atoms with van der Waals surface area (Å²) in [6.45, 7) is 1.96. The molecule has 1 atom stereocenters. The monoisotopic (exact) mass is 341 g/mol. The van der Waals surface area contributed by atoms with E-state index in [2.05, 4.69) is 34.1 Å². The van der Waals surface area contributed by atoms with E-state index in [0.717, 1.165) is 26.9 Å². The predicted molar refractivity (Wildman–Crippen MR) is 90.8 cm³/mol. The van der Waals surface area contributed by atoms with Crippen LogP contribution in [-0.4, -0.2) is 0 Å². The van der Waals surface area contributed by atoms with Crippen LogP contribution in [0.25, 0.3) is 10.8 Å². The van der Waals surface area contributed by atoms with Crippen LogP contribution in [0.2, 0.25) is 0 Å². The molecule has 0 spiro atoms. The zero-order valence-electron chi connectivity index (χ0n) is 11.7. The predicted octanol–water partition coefficient (Wildman–Crippen LogP) is 5.41. The van der Waals surface area contributed by atoms with Crippen molar-refractivity contribution in [2.24, 2.45) is 5.73 Å². The number of ether oxygens (including phenoxy) is 1. The molecule has 2 nitrogen and oxygen atoms in total. The van der Waals surface area contributed by atoms with Crippen LogP contribution in [0.1, 0.15) is 18.5 Å². The van der Waals surface area contributed by atoms with Crippen molar-refractivity contribution in [3.8, 4) is 11.5 Å². The number of rotatable bonds is 3. The average Bonchev–Trinajstić information content (AvgIpc) is 2.51. The third-order valence-electron chi connectivity index (χ3n) is 3.46. The lowest BCUT2D eigenvalue weighted by Crippen LogP contribution is -2.06. The number of fused-ring (bicyclic) bond motifs is 1. The molecule has 3 aromatic rings. The number of hydrogen-bond acceptors (Lipinski definition) is 2. The number of hydrogen-bond donors (Lipinski definition) is 1. The van der Waals surface area contributed by atoms with Crippen LogP contribution in [-0.2, 0) is 0 Å². The topological polar surface area (TPSA) is 35.2 Å². The lowest BCUT2D eigenvalue weighted by Gasteiger charge is -2.15. The van der Waals surface area contributed by atoms with Crippen molar-refractivity contribution < 1.29 is 4.74 Å². The van der Waals surface area contributed by atoms with E-state index < -0.39 is 0 Å². The van der Waals surface area contributed by atoms with Gasteiger partial charge in [-0.15, -0.1) is 0 Å². The Morgan fingerprint density at radius 2 is 1.62 bits per heavy atom. The summed E-state index contributed by atoms with van der Waals surface area (Å²) in [6, 6.07) is 20.0. The van der Waals surface area contributed by atoms with Crippen LogP contribution in [0.5, 0.6) is 11.5 Å². The Hall–Kier alpha value is -1.84. The van der Waals surface area contributed by atoms with E-state index >= 15 is 0 Å². The van der Waals surface area contributed by atoms with E-state index in [4.69, 9.17) is 10.5 Å². The molecule has 0 saturated carbocycles. The van der Waals surface area contributed by atoms with E-state index in [1.807, 2.05) is 49.4 Å². The first-order chi connectivity index (χ1) is 10.2. The Kier molecular flexibility index (Phi) is 3.95. The third kappa shape index (κ3) is 2.80.